The van der Waals surface area contributed by atoms with Gasteiger partial charge in [-0.25, -0.2) is 0 Å². The largest absolute Gasteiger partial charge is 0.393 e. The van der Waals surface area contributed by atoms with Gasteiger partial charge >= 0.3 is 0 Å². The monoisotopic (exact) mass is 329 g/mol. The van der Waals surface area contributed by atoms with Crippen LogP contribution >= 0.6 is 0 Å². The van der Waals surface area contributed by atoms with E-state index in [0.29, 0.717) is 23.7 Å². The summed E-state index contributed by atoms with van der Waals surface area (Å²) in [5, 5.41) is 14.7. The van der Waals surface area contributed by atoms with Crippen molar-refractivity contribution in [2.75, 3.05) is 0 Å². The summed E-state index contributed by atoms with van der Waals surface area (Å²) in [4.78, 5) is 5.61. The second kappa shape index (κ2) is 4.09. The number of nitrogens with zero attached hydrogens (tertiary/aromatic N) is 1. The molecule has 4 heteroatoms. The maximum Gasteiger partial charge on any atom is 0.164 e. The van der Waals surface area contributed by atoms with Crippen LogP contribution in [0.2, 0.25) is 0 Å². The summed E-state index contributed by atoms with van der Waals surface area (Å²) < 4.78 is 6.35. The van der Waals surface area contributed by atoms with Gasteiger partial charge in [0.1, 0.15) is 11.7 Å². The number of fused-ring (bicyclic) bond motifs is 6. The highest BCUT2D eigenvalue weighted by molar-refractivity contribution is 5.64. The van der Waals surface area contributed by atoms with Crippen LogP contribution in [0.15, 0.2) is 17.3 Å². The number of aliphatic hydroxyl groups is 1. The van der Waals surface area contributed by atoms with Crippen LogP contribution in [0.1, 0.15) is 46.0 Å². The van der Waals surface area contributed by atoms with Crippen molar-refractivity contribution in [3.8, 4) is 0 Å². The smallest absolute Gasteiger partial charge is 0.164 e. The van der Waals surface area contributed by atoms with E-state index in [4.69, 9.17) is 9.57 Å². The molecule has 0 aromatic carbocycles. The predicted octanol–water partition coefficient (Wildman–Crippen LogP) is 2.91. The van der Waals surface area contributed by atoms with Crippen molar-refractivity contribution >= 4 is 6.21 Å². The minimum atomic E-state index is -0.117. The highest BCUT2D eigenvalue weighted by atomic mass is 16.7. The summed E-state index contributed by atoms with van der Waals surface area (Å²) in [7, 11) is 0. The minimum absolute atomic E-state index is 0.114. The molecular formula is C20H27NO3. The van der Waals surface area contributed by atoms with Crippen LogP contribution < -0.4 is 0 Å². The van der Waals surface area contributed by atoms with Gasteiger partial charge in [0, 0.05) is 11.3 Å². The van der Waals surface area contributed by atoms with Gasteiger partial charge in [0.2, 0.25) is 0 Å². The number of hydrogen-bond acceptors (Lipinski definition) is 4. The molecule has 3 saturated carbocycles. The molecule has 1 N–H and O–H groups in total. The van der Waals surface area contributed by atoms with Crippen LogP contribution in [-0.4, -0.2) is 35.2 Å². The van der Waals surface area contributed by atoms with E-state index < -0.39 is 0 Å². The molecule has 10 atom stereocenters. The normalized spacial score (nSPS) is 65.2. The molecule has 5 unspecified atom stereocenters. The number of hydrogen-bond donors (Lipinski definition) is 1. The minimum Gasteiger partial charge on any atom is -0.393 e. The average molecular weight is 329 g/mol. The molecule has 2 heterocycles. The second-order valence-corrected chi connectivity index (χ2v) is 9.73. The Hall–Kier alpha value is -0.870. The quantitative estimate of drug-likeness (QED) is 0.549. The van der Waals surface area contributed by atoms with Crippen LogP contribution in [-0.2, 0) is 9.57 Å². The van der Waals surface area contributed by atoms with Crippen molar-refractivity contribution in [3.63, 3.8) is 0 Å². The topological polar surface area (TPSA) is 54.3 Å². The molecule has 4 aliphatic carbocycles. The van der Waals surface area contributed by atoms with Crippen molar-refractivity contribution in [1.82, 2.24) is 0 Å². The molecule has 4 fully saturated rings. The maximum atomic E-state index is 10.6. The Balaban J connectivity index is 1.42. The van der Waals surface area contributed by atoms with E-state index in [-0.39, 0.29) is 34.7 Å². The highest BCUT2D eigenvalue weighted by Crippen LogP contribution is 2.71. The fourth-order valence-corrected chi connectivity index (χ4v) is 7.59. The first-order chi connectivity index (χ1) is 11.5. The third-order valence-electron chi connectivity index (χ3n) is 9.06. The van der Waals surface area contributed by atoms with E-state index in [1.165, 1.54) is 12.8 Å². The molecule has 2 aliphatic heterocycles. The number of epoxide rings is 1. The lowest BCUT2D eigenvalue weighted by Gasteiger charge is -2.57. The summed E-state index contributed by atoms with van der Waals surface area (Å²) in [5.74, 6) is 2.29. The fraction of sp³-hybridized carbons (Fsp3) is 0.850. The standard InChI is InChI=1S/C20H27NO3/c1-18-7-6-14-12(13(18)3-4-15(18)22)5-8-20-17(23-20)16-11(10-21-24-16)9-19(14,20)2/h5,8,10-17,22H,3-4,6-7,9H2,1-2H3/t11?,12?,13?,14?,15-,16?,17+,18-,19+,20+/m0/s1. The molecule has 0 aromatic heterocycles. The number of oxime groups is 1. The SMILES string of the molecule is C[C@]12CCC3C(C=C[C@@]45O[C@@H]4C4ON=CC4C[C@]35C)C1CC[C@@H]2O. The third-order valence-corrected chi connectivity index (χ3v) is 9.06. The highest BCUT2D eigenvalue weighted by Gasteiger charge is 2.77. The molecule has 0 aromatic rings. The second-order valence-electron chi connectivity index (χ2n) is 9.73. The first-order valence-electron chi connectivity index (χ1n) is 9.74. The van der Waals surface area contributed by atoms with Gasteiger partial charge in [-0.3, -0.25) is 0 Å². The summed E-state index contributed by atoms with van der Waals surface area (Å²) >= 11 is 0. The lowest BCUT2D eigenvalue weighted by Crippen LogP contribution is -2.58. The molecule has 24 heavy (non-hydrogen) atoms. The zero-order chi connectivity index (χ0) is 16.3. The average Bonchev–Trinajstić information content (AvgIpc) is 2.99. The van der Waals surface area contributed by atoms with Gasteiger partial charge in [0.05, 0.1) is 12.3 Å². The van der Waals surface area contributed by atoms with Gasteiger partial charge < -0.3 is 14.7 Å². The Labute approximate surface area is 143 Å². The Morgan fingerprint density at radius 1 is 1.17 bits per heavy atom. The van der Waals surface area contributed by atoms with Crippen LogP contribution in [0.5, 0.6) is 0 Å². The van der Waals surface area contributed by atoms with Gasteiger partial charge in [0.15, 0.2) is 6.10 Å². The molecule has 0 radical (unpaired) electrons. The Bertz CT molecular complexity index is 661. The number of rotatable bonds is 0. The van der Waals surface area contributed by atoms with E-state index in [1.807, 2.05) is 6.21 Å². The first kappa shape index (κ1) is 14.3. The zero-order valence-electron chi connectivity index (χ0n) is 14.5. The Kier molecular flexibility index (Phi) is 2.44. The van der Waals surface area contributed by atoms with Crippen LogP contribution in [0.25, 0.3) is 0 Å². The number of aliphatic hydroxyl groups excluding tert-OH is 1. The molecule has 4 nitrogen and oxygen atoms in total. The number of ether oxygens (including phenoxy) is 1. The molecule has 0 amide bonds. The number of allylic oxidation sites excluding steroid dienone is 1. The third kappa shape index (κ3) is 1.37. The van der Waals surface area contributed by atoms with Crippen molar-refractivity contribution in [2.24, 2.45) is 39.7 Å². The molecule has 1 spiro atoms. The van der Waals surface area contributed by atoms with Crippen molar-refractivity contribution in [2.45, 2.75) is 69.9 Å². The Morgan fingerprint density at radius 3 is 2.92 bits per heavy atom. The van der Waals surface area contributed by atoms with Gasteiger partial charge in [-0.1, -0.05) is 31.2 Å². The molecule has 130 valence electrons. The lowest BCUT2D eigenvalue weighted by atomic mass is 9.46. The van der Waals surface area contributed by atoms with E-state index in [2.05, 4.69) is 31.2 Å². The molecule has 6 rings (SSSR count). The van der Waals surface area contributed by atoms with Gasteiger partial charge in [0.25, 0.3) is 0 Å². The zero-order valence-corrected chi connectivity index (χ0v) is 14.5. The van der Waals surface area contributed by atoms with E-state index in [0.717, 1.165) is 19.3 Å². The van der Waals surface area contributed by atoms with Crippen molar-refractivity contribution < 1.29 is 14.7 Å². The van der Waals surface area contributed by atoms with Crippen LogP contribution in [0, 0.1) is 34.5 Å². The first-order valence-corrected chi connectivity index (χ1v) is 9.74. The predicted molar refractivity (Wildman–Crippen MR) is 89.4 cm³/mol. The van der Waals surface area contributed by atoms with Gasteiger partial charge in [-0.2, -0.15) is 0 Å². The van der Waals surface area contributed by atoms with Crippen molar-refractivity contribution in [3.05, 3.63) is 12.2 Å². The summed E-state index contributed by atoms with van der Waals surface area (Å²) in [6, 6.07) is 0. The van der Waals surface area contributed by atoms with Crippen molar-refractivity contribution in [1.29, 1.82) is 0 Å². The lowest BCUT2D eigenvalue weighted by molar-refractivity contribution is -0.0866. The summed E-state index contributed by atoms with van der Waals surface area (Å²) in [6.45, 7) is 4.79. The summed E-state index contributed by atoms with van der Waals surface area (Å²) in [6.07, 6.45) is 12.7. The molecular weight excluding hydrogens is 302 g/mol. The maximum absolute atomic E-state index is 10.6. The van der Waals surface area contributed by atoms with Gasteiger partial charge in [-0.05, 0) is 55.3 Å². The Morgan fingerprint density at radius 2 is 2.04 bits per heavy atom. The summed E-state index contributed by atoms with van der Waals surface area (Å²) in [5.41, 5.74) is 0.173. The van der Waals surface area contributed by atoms with Gasteiger partial charge in [-0.15, -0.1) is 0 Å². The fourth-order valence-electron chi connectivity index (χ4n) is 7.59. The molecule has 6 aliphatic rings. The van der Waals surface area contributed by atoms with E-state index in [1.54, 1.807) is 0 Å². The molecule has 1 saturated heterocycles. The van der Waals surface area contributed by atoms with E-state index in [9.17, 15) is 5.11 Å². The molecule has 0 bridgehead atoms. The van der Waals surface area contributed by atoms with Crippen LogP contribution in [0.3, 0.4) is 0 Å². The van der Waals surface area contributed by atoms with E-state index >= 15 is 0 Å². The van der Waals surface area contributed by atoms with Crippen LogP contribution in [0.4, 0.5) is 0 Å².